The molecule has 11 heteroatoms. The quantitative estimate of drug-likeness (QED) is 0.770. The highest BCUT2D eigenvalue weighted by Crippen LogP contribution is 2.36. The van der Waals surface area contributed by atoms with E-state index in [1.54, 1.807) is 0 Å². The van der Waals surface area contributed by atoms with Crippen molar-refractivity contribution in [3.05, 3.63) is 29.2 Å². The van der Waals surface area contributed by atoms with Crippen LogP contribution in [0.5, 0.6) is 0 Å². The predicted molar refractivity (Wildman–Crippen MR) is 95.8 cm³/mol. The van der Waals surface area contributed by atoms with Gasteiger partial charge in [-0.1, -0.05) is 6.42 Å². The highest BCUT2D eigenvalue weighted by molar-refractivity contribution is 7.86. The minimum absolute atomic E-state index is 0.0754. The normalized spacial score (nSPS) is 22.9. The number of halogens is 3. The summed E-state index contributed by atoms with van der Waals surface area (Å²) in [7, 11) is -3.67. The van der Waals surface area contributed by atoms with Gasteiger partial charge in [0.1, 0.15) is 5.69 Å². The van der Waals surface area contributed by atoms with Crippen molar-refractivity contribution in [2.24, 2.45) is 0 Å². The molecule has 2 fully saturated rings. The summed E-state index contributed by atoms with van der Waals surface area (Å²) in [6, 6.07) is 1.84. The van der Waals surface area contributed by atoms with E-state index < -0.39 is 28.1 Å². The molecule has 0 saturated carbocycles. The third-order valence-corrected chi connectivity index (χ3v) is 7.39. The summed E-state index contributed by atoms with van der Waals surface area (Å²) < 4.78 is 70.1. The van der Waals surface area contributed by atoms with Gasteiger partial charge < -0.3 is 0 Å². The molecule has 0 aromatic carbocycles. The van der Waals surface area contributed by atoms with Gasteiger partial charge in [-0.05, 0) is 38.7 Å². The molecule has 28 heavy (non-hydrogen) atoms. The number of rotatable bonds is 3. The standard InChI is InChI=1S/C17H22F3N5O2S/c1-12-10-15(17(18,19)20)25-16(21-12)11-13(22-25)14-6-2-3-9-24(14)28(26,27)23-7-4-5-8-23/h10-11,14H,2-9H2,1H3/t14-/m0/s1. The van der Waals surface area contributed by atoms with E-state index in [0.717, 1.165) is 36.3 Å². The van der Waals surface area contributed by atoms with Crippen molar-refractivity contribution in [1.29, 1.82) is 0 Å². The summed E-state index contributed by atoms with van der Waals surface area (Å²) in [5, 5.41) is 4.14. The molecule has 2 aromatic rings. The molecule has 7 nitrogen and oxygen atoms in total. The number of nitrogens with zero attached hydrogens (tertiary/aromatic N) is 5. The Morgan fingerprint density at radius 1 is 1.07 bits per heavy atom. The summed E-state index contributed by atoms with van der Waals surface area (Å²) in [6.07, 6.45) is -0.889. The lowest BCUT2D eigenvalue weighted by Gasteiger charge is -2.36. The molecular formula is C17H22F3N5O2S. The van der Waals surface area contributed by atoms with Gasteiger partial charge in [-0.15, -0.1) is 0 Å². The number of aromatic nitrogens is 3. The Balaban J connectivity index is 1.77. The van der Waals surface area contributed by atoms with Gasteiger partial charge in [-0.25, -0.2) is 9.50 Å². The van der Waals surface area contributed by atoms with Gasteiger partial charge in [0, 0.05) is 31.4 Å². The van der Waals surface area contributed by atoms with Crippen molar-refractivity contribution in [1.82, 2.24) is 23.2 Å². The largest absolute Gasteiger partial charge is 0.433 e. The summed E-state index contributed by atoms with van der Waals surface area (Å²) >= 11 is 0. The molecule has 0 spiro atoms. The number of hydrogen-bond acceptors (Lipinski definition) is 4. The molecule has 2 saturated heterocycles. The predicted octanol–water partition coefficient (Wildman–Crippen LogP) is 2.92. The topological polar surface area (TPSA) is 70.8 Å². The fraction of sp³-hybridized carbons (Fsp3) is 0.647. The average molecular weight is 417 g/mol. The molecule has 2 aliphatic heterocycles. The van der Waals surface area contributed by atoms with Crippen molar-refractivity contribution in [3.63, 3.8) is 0 Å². The van der Waals surface area contributed by atoms with E-state index in [1.165, 1.54) is 21.6 Å². The molecular weight excluding hydrogens is 395 g/mol. The van der Waals surface area contributed by atoms with Crippen LogP contribution in [0.2, 0.25) is 0 Å². The summed E-state index contributed by atoms with van der Waals surface area (Å²) in [5.41, 5.74) is -0.292. The Kier molecular flexibility index (Phi) is 4.87. The lowest BCUT2D eigenvalue weighted by molar-refractivity contribution is -0.142. The Bertz CT molecular complexity index is 983. The molecule has 0 radical (unpaired) electrons. The zero-order chi connectivity index (χ0) is 20.1. The maximum absolute atomic E-state index is 13.4. The van der Waals surface area contributed by atoms with E-state index in [2.05, 4.69) is 10.1 Å². The summed E-state index contributed by atoms with van der Waals surface area (Å²) in [4.78, 5) is 4.15. The highest BCUT2D eigenvalue weighted by Gasteiger charge is 2.40. The number of aryl methyl sites for hydroxylation is 1. The molecule has 2 aromatic heterocycles. The first kappa shape index (κ1) is 19.6. The fourth-order valence-corrected chi connectivity index (χ4v) is 5.94. The van der Waals surface area contributed by atoms with E-state index >= 15 is 0 Å². The zero-order valence-corrected chi connectivity index (χ0v) is 16.3. The molecule has 0 amide bonds. The maximum atomic E-state index is 13.4. The molecule has 154 valence electrons. The Morgan fingerprint density at radius 2 is 1.75 bits per heavy atom. The van der Waals surface area contributed by atoms with E-state index in [-0.39, 0.29) is 11.3 Å². The first-order valence-corrected chi connectivity index (χ1v) is 10.8. The number of hydrogen-bond donors (Lipinski definition) is 0. The van der Waals surface area contributed by atoms with Gasteiger partial charge in [0.25, 0.3) is 10.2 Å². The molecule has 0 bridgehead atoms. The lowest BCUT2D eigenvalue weighted by Crippen LogP contribution is -2.46. The Hall–Kier alpha value is -1.72. The van der Waals surface area contributed by atoms with Crippen LogP contribution >= 0.6 is 0 Å². The number of alkyl halides is 3. The van der Waals surface area contributed by atoms with Crippen LogP contribution in [0.1, 0.15) is 55.2 Å². The van der Waals surface area contributed by atoms with Crippen molar-refractivity contribution >= 4 is 15.9 Å². The van der Waals surface area contributed by atoms with Crippen LogP contribution in [-0.4, -0.2) is 51.3 Å². The SMILES string of the molecule is Cc1cc(C(F)(F)F)n2nc([C@@H]3CCCCN3S(=O)(=O)N3CCCC3)cc2n1. The third kappa shape index (κ3) is 3.39. The van der Waals surface area contributed by atoms with Crippen LogP contribution in [0.25, 0.3) is 5.65 Å². The number of fused-ring (bicyclic) bond motifs is 1. The second-order valence-electron chi connectivity index (χ2n) is 7.36. The lowest BCUT2D eigenvalue weighted by atomic mass is 10.0. The molecule has 0 N–H and O–H groups in total. The minimum atomic E-state index is -4.58. The first-order chi connectivity index (χ1) is 13.2. The van der Waals surface area contributed by atoms with Crippen LogP contribution < -0.4 is 0 Å². The molecule has 4 heterocycles. The van der Waals surface area contributed by atoms with Gasteiger partial charge >= 0.3 is 6.18 Å². The fourth-order valence-electron chi connectivity index (χ4n) is 4.03. The second-order valence-corrected chi connectivity index (χ2v) is 9.24. The van der Waals surface area contributed by atoms with Gasteiger partial charge in [-0.3, -0.25) is 0 Å². The van der Waals surface area contributed by atoms with Gasteiger partial charge in [0.05, 0.1) is 11.7 Å². The summed E-state index contributed by atoms with van der Waals surface area (Å²) in [5.74, 6) is 0. The van der Waals surface area contributed by atoms with Crippen molar-refractivity contribution < 1.29 is 21.6 Å². The third-order valence-electron chi connectivity index (χ3n) is 5.35. The van der Waals surface area contributed by atoms with E-state index in [1.807, 2.05) is 0 Å². The van der Waals surface area contributed by atoms with E-state index in [0.29, 0.717) is 31.7 Å². The smallest absolute Gasteiger partial charge is 0.234 e. The maximum Gasteiger partial charge on any atom is 0.433 e. The van der Waals surface area contributed by atoms with E-state index in [9.17, 15) is 21.6 Å². The minimum Gasteiger partial charge on any atom is -0.234 e. The summed E-state index contributed by atoms with van der Waals surface area (Å²) in [6.45, 7) is 2.80. The van der Waals surface area contributed by atoms with Crippen molar-refractivity contribution in [3.8, 4) is 0 Å². The Morgan fingerprint density at radius 3 is 2.43 bits per heavy atom. The van der Waals surface area contributed by atoms with Crippen LogP contribution in [-0.2, 0) is 16.4 Å². The van der Waals surface area contributed by atoms with Crippen LogP contribution in [0.3, 0.4) is 0 Å². The zero-order valence-electron chi connectivity index (χ0n) is 15.5. The average Bonchev–Trinajstić information content (AvgIpc) is 3.30. The molecule has 0 unspecified atom stereocenters. The second kappa shape index (κ2) is 6.96. The molecule has 4 rings (SSSR count). The molecule has 2 aliphatic rings. The molecule has 1 atom stereocenters. The highest BCUT2D eigenvalue weighted by atomic mass is 32.2. The van der Waals surface area contributed by atoms with E-state index in [4.69, 9.17) is 0 Å². The molecule has 0 aliphatic carbocycles. The van der Waals surface area contributed by atoms with Crippen LogP contribution in [0.4, 0.5) is 13.2 Å². The van der Waals surface area contributed by atoms with Crippen LogP contribution in [0.15, 0.2) is 12.1 Å². The van der Waals surface area contributed by atoms with Gasteiger partial charge in [0.15, 0.2) is 5.65 Å². The van der Waals surface area contributed by atoms with Crippen LogP contribution in [0, 0.1) is 6.92 Å². The number of piperidine rings is 1. The van der Waals surface area contributed by atoms with Gasteiger partial charge in [0.2, 0.25) is 0 Å². The Labute approximate surface area is 161 Å². The first-order valence-electron chi connectivity index (χ1n) is 9.39. The monoisotopic (exact) mass is 417 g/mol. The van der Waals surface area contributed by atoms with Crippen molar-refractivity contribution in [2.75, 3.05) is 19.6 Å². The van der Waals surface area contributed by atoms with Gasteiger partial charge in [-0.2, -0.15) is 35.3 Å². The van der Waals surface area contributed by atoms with Crippen molar-refractivity contribution in [2.45, 2.75) is 51.2 Å².